The Morgan fingerprint density at radius 3 is 2.56 bits per heavy atom. The molecule has 1 N–H and O–H groups in total. The molecule has 0 unspecified atom stereocenters. The molecule has 0 aliphatic carbocycles. The zero-order valence-corrected chi connectivity index (χ0v) is 10.9. The molecule has 0 spiro atoms. The monoisotopic (exact) mass is 257 g/mol. The van der Waals surface area contributed by atoms with Gasteiger partial charge in [0.25, 0.3) is 0 Å². The van der Waals surface area contributed by atoms with Crippen LogP contribution in [0.5, 0.6) is 0 Å². The van der Waals surface area contributed by atoms with Gasteiger partial charge in [0.1, 0.15) is 12.7 Å². The highest BCUT2D eigenvalue weighted by Crippen LogP contribution is 2.26. The number of amides is 1. The van der Waals surface area contributed by atoms with Crippen molar-refractivity contribution in [1.29, 1.82) is 0 Å². The topological polar surface area (TPSA) is 76.1 Å². The summed E-state index contributed by atoms with van der Waals surface area (Å²) in [5, 5.41) is 9.10. The fourth-order valence-corrected chi connectivity index (χ4v) is 1.72. The zero-order valence-electron chi connectivity index (χ0n) is 10.9. The first-order valence-corrected chi connectivity index (χ1v) is 5.71. The number of hydrogen-bond donors (Lipinski definition) is 1. The van der Waals surface area contributed by atoms with Crippen LogP contribution in [-0.4, -0.2) is 53.0 Å². The Morgan fingerprint density at radius 2 is 2.11 bits per heavy atom. The number of nitrogens with zero attached hydrogens (tertiary/aromatic N) is 1. The maximum atomic E-state index is 11.5. The van der Waals surface area contributed by atoms with Crippen LogP contribution in [0.2, 0.25) is 0 Å². The van der Waals surface area contributed by atoms with Crippen molar-refractivity contribution in [3.63, 3.8) is 0 Å². The maximum absolute atomic E-state index is 11.5. The number of aliphatic carboxylic acids is 1. The summed E-state index contributed by atoms with van der Waals surface area (Å²) in [6.45, 7) is 9.22. The summed E-state index contributed by atoms with van der Waals surface area (Å²) in [6.07, 6.45) is 0.270. The smallest absolute Gasteiger partial charge is 0.411 e. The molecule has 6 nitrogen and oxygen atoms in total. The van der Waals surface area contributed by atoms with Gasteiger partial charge in [0.2, 0.25) is 0 Å². The SMILES string of the molecule is C=CCOC(=O)N1C[C@@H](OC(C)(C)C)[C@@H]1C(=O)O. The Bertz CT molecular complexity index is 347. The van der Waals surface area contributed by atoms with E-state index in [1.165, 1.54) is 6.08 Å². The highest BCUT2D eigenvalue weighted by atomic mass is 16.6. The molecule has 1 aliphatic rings. The van der Waals surface area contributed by atoms with E-state index < -0.39 is 29.8 Å². The van der Waals surface area contributed by atoms with Crippen LogP contribution in [0, 0.1) is 0 Å². The predicted octanol–water partition coefficient (Wildman–Crippen LogP) is 1.26. The molecular weight excluding hydrogens is 238 g/mol. The van der Waals surface area contributed by atoms with Crippen molar-refractivity contribution >= 4 is 12.1 Å². The van der Waals surface area contributed by atoms with E-state index in [2.05, 4.69) is 6.58 Å². The molecule has 1 saturated heterocycles. The lowest BCUT2D eigenvalue weighted by molar-refractivity contribution is -0.178. The molecule has 0 aromatic carbocycles. The summed E-state index contributed by atoms with van der Waals surface area (Å²) in [6, 6.07) is -0.985. The molecule has 18 heavy (non-hydrogen) atoms. The van der Waals surface area contributed by atoms with Crippen molar-refractivity contribution in [1.82, 2.24) is 4.90 Å². The van der Waals surface area contributed by atoms with Crippen molar-refractivity contribution in [2.75, 3.05) is 13.2 Å². The van der Waals surface area contributed by atoms with Crippen molar-refractivity contribution in [3.05, 3.63) is 12.7 Å². The Balaban J connectivity index is 2.61. The summed E-state index contributed by atoms with van der Waals surface area (Å²) in [5.74, 6) is -1.09. The molecule has 1 amide bonds. The van der Waals surface area contributed by atoms with E-state index in [0.717, 1.165) is 4.90 Å². The van der Waals surface area contributed by atoms with E-state index >= 15 is 0 Å². The minimum atomic E-state index is -1.09. The summed E-state index contributed by atoms with van der Waals surface area (Å²) >= 11 is 0. The Kier molecular flexibility index (Phi) is 4.34. The molecule has 1 rings (SSSR count). The second kappa shape index (κ2) is 5.39. The molecule has 2 atom stereocenters. The van der Waals surface area contributed by atoms with Crippen LogP contribution in [0.25, 0.3) is 0 Å². The molecule has 0 aromatic rings. The average Bonchev–Trinajstić information content (AvgIpc) is 2.17. The van der Waals surface area contributed by atoms with Gasteiger partial charge in [-0.3, -0.25) is 4.90 Å². The minimum Gasteiger partial charge on any atom is -0.480 e. The van der Waals surface area contributed by atoms with Gasteiger partial charge in [-0.2, -0.15) is 0 Å². The third-order valence-corrected chi connectivity index (χ3v) is 2.38. The van der Waals surface area contributed by atoms with E-state index in [1.54, 1.807) is 0 Å². The van der Waals surface area contributed by atoms with Crippen LogP contribution in [0.1, 0.15) is 20.8 Å². The normalized spacial score (nSPS) is 23.2. The number of carbonyl (C=O) groups excluding carboxylic acids is 1. The fraction of sp³-hybridized carbons (Fsp3) is 0.667. The standard InChI is InChI=1S/C12H19NO5/c1-5-6-17-11(16)13-7-8(9(13)10(14)15)18-12(2,3)4/h5,8-9H,1,6-7H2,2-4H3,(H,14,15)/t8-,9-/m1/s1. The highest BCUT2D eigenvalue weighted by molar-refractivity contribution is 5.83. The fourth-order valence-electron chi connectivity index (χ4n) is 1.72. The molecule has 0 saturated carbocycles. The maximum Gasteiger partial charge on any atom is 0.411 e. The van der Waals surface area contributed by atoms with Crippen molar-refractivity contribution in [2.24, 2.45) is 0 Å². The molecule has 1 heterocycles. The Hall–Kier alpha value is -1.56. The van der Waals surface area contributed by atoms with E-state index in [9.17, 15) is 9.59 Å². The van der Waals surface area contributed by atoms with Gasteiger partial charge in [0, 0.05) is 0 Å². The predicted molar refractivity (Wildman–Crippen MR) is 64.3 cm³/mol. The van der Waals surface area contributed by atoms with Gasteiger partial charge in [-0.15, -0.1) is 0 Å². The summed E-state index contributed by atoms with van der Waals surface area (Å²) in [5.41, 5.74) is -0.449. The number of carboxylic acid groups (broad SMARTS) is 1. The van der Waals surface area contributed by atoms with Gasteiger partial charge in [-0.25, -0.2) is 9.59 Å². The van der Waals surface area contributed by atoms with Crippen molar-refractivity contribution in [2.45, 2.75) is 38.5 Å². The van der Waals surface area contributed by atoms with Gasteiger partial charge >= 0.3 is 12.1 Å². The first-order valence-electron chi connectivity index (χ1n) is 5.71. The molecule has 6 heteroatoms. The number of hydrogen-bond acceptors (Lipinski definition) is 4. The number of carbonyl (C=O) groups is 2. The van der Waals surface area contributed by atoms with E-state index in [-0.39, 0.29) is 13.2 Å². The van der Waals surface area contributed by atoms with Crippen LogP contribution in [0.15, 0.2) is 12.7 Å². The first kappa shape index (κ1) is 14.5. The minimum absolute atomic E-state index is 0.0620. The van der Waals surface area contributed by atoms with Crippen LogP contribution in [0.3, 0.4) is 0 Å². The molecule has 1 fully saturated rings. The van der Waals surface area contributed by atoms with Gasteiger partial charge in [-0.05, 0) is 20.8 Å². The highest BCUT2D eigenvalue weighted by Gasteiger charge is 2.49. The van der Waals surface area contributed by atoms with E-state index in [0.29, 0.717) is 0 Å². The van der Waals surface area contributed by atoms with Gasteiger partial charge in [0.05, 0.1) is 12.1 Å². The second-order valence-electron chi connectivity index (χ2n) is 5.07. The van der Waals surface area contributed by atoms with E-state index in [1.807, 2.05) is 20.8 Å². The molecule has 1 aliphatic heterocycles. The number of ether oxygens (including phenoxy) is 2. The number of rotatable bonds is 4. The lowest BCUT2D eigenvalue weighted by Gasteiger charge is -2.46. The second-order valence-corrected chi connectivity index (χ2v) is 5.07. The molecule has 0 radical (unpaired) electrons. The summed E-state index contributed by atoms with van der Waals surface area (Å²) in [7, 11) is 0. The van der Waals surface area contributed by atoms with Gasteiger partial charge in [-0.1, -0.05) is 12.7 Å². The lowest BCUT2D eigenvalue weighted by Crippen LogP contribution is -2.67. The third kappa shape index (κ3) is 3.46. The molecular formula is C12H19NO5. The largest absolute Gasteiger partial charge is 0.480 e. The average molecular weight is 257 g/mol. The summed E-state index contributed by atoms with van der Waals surface area (Å²) in [4.78, 5) is 23.8. The zero-order chi connectivity index (χ0) is 13.9. The molecule has 0 aromatic heterocycles. The van der Waals surface area contributed by atoms with Crippen molar-refractivity contribution in [3.8, 4) is 0 Å². The Labute approximate surface area is 106 Å². The van der Waals surface area contributed by atoms with Gasteiger partial charge < -0.3 is 14.6 Å². The number of likely N-dealkylation sites (tertiary alicyclic amines) is 1. The van der Waals surface area contributed by atoms with Crippen LogP contribution in [0.4, 0.5) is 4.79 Å². The van der Waals surface area contributed by atoms with Crippen LogP contribution >= 0.6 is 0 Å². The molecule has 0 bridgehead atoms. The van der Waals surface area contributed by atoms with Crippen molar-refractivity contribution < 1.29 is 24.2 Å². The lowest BCUT2D eigenvalue weighted by atomic mass is 9.99. The van der Waals surface area contributed by atoms with Crippen LogP contribution in [-0.2, 0) is 14.3 Å². The third-order valence-electron chi connectivity index (χ3n) is 2.38. The van der Waals surface area contributed by atoms with Crippen LogP contribution < -0.4 is 0 Å². The molecule has 102 valence electrons. The quantitative estimate of drug-likeness (QED) is 0.767. The summed E-state index contributed by atoms with van der Waals surface area (Å²) < 4.78 is 10.4. The first-order chi connectivity index (χ1) is 8.26. The van der Waals surface area contributed by atoms with Gasteiger partial charge in [0.15, 0.2) is 6.04 Å². The van der Waals surface area contributed by atoms with E-state index in [4.69, 9.17) is 14.6 Å². The number of carboxylic acids is 1. The Morgan fingerprint density at radius 1 is 1.50 bits per heavy atom.